The van der Waals surface area contributed by atoms with Crippen LogP contribution in [0.15, 0.2) is 45.3 Å². The van der Waals surface area contributed by atoms with E-state index in [2.05, 4.69) is 81.8 Å². The van der Waals surface area contributed by atoms with Crippen LogP contribution in [-0.4, -0.2) is 51.3 Å². The van der Waals surface area contributed by atoms with Crippen LogP contribution in [0.4, 0.5) is 0 Å². The standard InChI is InChI=1S/C14H20BrNO3Si.C14H20BrNO2SSi/c1-10(17)19-8-12-6-5-11(7-13(12)15)14(18)16-9-20(2,3)4;1-10(17)18-8-12-6-5-11(7-13(12)15)14(19)16-9-20(2,3)4/h5-7H,8-9H2,1-4H3,(H,16,18);5-7H,8-9H2,1-4H3,(H,16,19). The SMILES string of the molecule is CC(=O)OCc1ccc(C(=O)NC[Si](C)(C)C)cc1Br.CC(=O)OCc1ccc(C(=S)NC[Si](C)(C)C)cc1Br. The van der Waals surface area contributed by atoms with Crippen LogP contribution in [0.1, 0.15) is 40.9 Å². The van der Waals surface area contributed by atoms with Gasteiger partial charge in [0.05, 0.1) is 16.1 Å². The molecule has 40 heavy (non-hydrogen) atoms. The van der Waals surface area contributed by atoms with Crippen LogP contribution in [0, 0.1) is 0 Å². The molecule has 2 rings (SSSR count). The molecule has 0 heterocycles. The van der Waals surface area contributed by atoms with Crippen molar-refractivity contribution in [2.24, 2.45) is 0 Å². The maximum absolute atomic E-state index is 12.0. The van der Waals surface area contributed by atoms with Gasteiger partial charge in [0.2, 0.25) is 0 Å². The number of rotatable bonds is 10. The maximum atomic E-state index is 12.0. The van der Waals surface area contributed by atoms with Gasteiger partial charge >= 0.3 is 11.9 Å². The van der Waals surface area contributed by atoms with E-state index in [0.29, 0.717) is 5.56 Å². The van der Waals surface area contributed by atoms with Crippen molar-refractivity contribution in [3.63, 3.8) is 0 Å². The highest BCUT2D eigenvalue weighted by atomic mass is 79.9. The first-order chi connectivity index (χ1) is 18.4. The molecule has 0 unspecified atom stereocenters. The average molecular weight is 733 g/mol. The predicted molar refractivity (Wildman–Crippen MR) is 178 cm³/mol. The first kappa shape index (κ1) is 36.2. The molecule has 2 N–H and O–H groups in total. The van der Waals surface area contributed by atoms with Gasteiger partial charge in [0.25, 0.3) is 5.91 Å². The van der Waals surface area contributed by atoms with Crippen LogP contribution in [0.5, 0.6) is 0 Å². The summed E-state index contributed by atoms with van der Waals surface area (Å²) in [6.07, 6.45) is 1.71. The number of hydrogen-bond donors (Lipinski definition) is 2. The lowest BCUT2D eigenvalue weighted by Gasteiger charge is -2.18. The first-order valence-electron chi connectivity index (χ1n) is 12.8. The zero-order valence-electron chi connectivity index (χ0n) is 24.5. The van der Waals surface area contributed by atoms with Gasteiger partial charge in [-0.25, -0.2) is 0 Å². The molecule has 7 nitrogen and oxygen atoms in total. The third kappa shape index (κ3) is 15.2. The molecule has 0 aliphatic carbocycles. The summed E-state index contributed by atoms with van der Waals surface area (Å²) in [4.78, 5) is 34.4. The number of carbonyl (C=O) groups is 3. The second-order valence-electron chi connectivity index (χ2n) is 11.7. The molecule has 0 fully saturated rings. The quantitative estimate of drug-likeness (QED) is 0.158. The molecule has 12 heteroatoms. The van der Waals surface area contributed by atoms with Crippen LogP contribution in [0.3, 0.4) is 0 Å². The third-order valence-corrected chi connectivity index (χ3v) is 9.38. The second kappa shape index (κ2) is 16.5. The number of thiocarbonyl (C=S) groups is 1. The normalized spacial score (nSPS) is 11.1. The van der Waals surface area contributed by atoms with E-state index in [4.69, 9.17) is 21.7 Å². The molecule has 2 aromatic carbocycles. The number of ether oxygens (including phenoxy) is 2. The van der Waals surface area contributed by atoms with Crippen LogP contribution in [-0.2, 0) is 32.3 Å². The Labute approximate surface area is 262 Å². The molecule has 0 saturated carbocycles. The van der Waals surface area contributed by atoms with Crippen LogP contribution >= 0.6 is 44.1 Å². The molecular weight excluding hydrogens is 692 g/mol. The highest BCUT2D eigenvalue weighted by molar-refractivity contribution is 9.10. The van der Waals surface area contributed by atoms with Gasteiger partial charge in [-0.3, -0.25) is 14.4 Å². The smallest absolute Gasteiger partial charge is 0.302 e. The minimum absolute atomic E-state index is 0.0767. The topological polar surface area (TPSA) is 93.7 Å². The highest BCUT2D eigenvalue weighted by Gasteiger charge is 2.16. The number of benzene rings is 2. The van der Waals surface area contributed by atoms with E-state index >= 15 is 0 Å². The van der Waals surface area contributed by atoms with Gasteiger partial charge in [0, 0.05) is 57.4 Å². The van der Waals surface area contributed by atoms with Crippen molar-refractivity contribution >= 4 is 83.1 Å². The summed E-state index contributed by atoms with van der Waals surface area (Å²) in [5.41, 5.74) is 3.33. The molecule has 2 aromatic rings. The van der Waals surface area contributed by atoms with Crippen LogP contribution in [0.25, 0.3) is 0 Å². The Morgan fingerprint density at radius 1 is 0.725 bits per heavy atom. The van der Waals surface area contributed by atoms with Gasteiger partial charge in [-0.2, -0.15) is 0 Å². The van der Waals surface area contributed by atoms with Gasteiger partial charge in [-0.15, -0.1) is 0 Å². The predicted octanol–water partition coefficient (Wildman–Crippen LogP) is 6.77. The molecular formula is C28H40Br2N2O5SSi2. The molecule has 0 aliphatic rings. The molecule has 220 valence electrons. The van der Waals surface area contributed by atoms with E-state index < -0.39 is 16.1 Å². The Hall–Kier alpha value is -1.87. The molecule has 0 bridgehead atoms. The summed E-state index contributed by atoms with van der Waals surface area (Å²) in [6, 6.07) is 11.1. The number of carbonyl (C=O) groups excluding carboxylic acids is 3. The Morgan fingerprint density at radius 3 is 1.52 bits per heavy atom. The summed E-state index contributed by atoms with van der Waals surface area (Å²) >= 11 is 12.3. The fourth-order valence-electron chi connectivity index (χ4n) is 2.86. The number of halogens is 2. The molecule has 0 aliphatic heterocycles. The van der Waals surface area contributed by atoms with E-state index in [1.54, 1.807) is 18.2 Å². The zero-order chi connectivity index (χ0) is 30.7. The summed E-state index contributed by atoms with van der Waals surface area (Å²) in [5.74, 6) is -0.686. The molecule has 0 saturated heterocycles. The summed E-state index contributed by atoms with van der Waals surface area (Å²) in [5, 5.41) is 6.28. The Bertz CT molecular complexity index is 1120. The molecule has 1 amide bonds. The molecule has 0 radical (unpaired) electrons. The Kier molecular flexibility index (Phi) is 15.0. The van der Waals surface area contributed by atoms with E-state index in [-0.39, 0.29) is 31.1 Å². The monoisotopic (exact) mass is 730 g/mol. The lowest BCUT2D eigenvalue weighted by molar-refractivity contribution is -0.143. The molecule has 0 spiro atoms. The lowest BCUT2D eigenvalue weighted by Crippen LogP contribution is -2.39. The highest BCUT2D eigenvalue weighted by Crippen LogP contribution is 2.21. The summed E-state index contributed by atoms with van der Waals surface area (Å²) in [7, 11) is -2.47. The van der Waals surface area contributed by atoms with Gasteiger partial charge in [-0.1, -0.05) is 102 Å². The van der Waals surface area contributed by atoms with Crippen molar-refractivity contribution < 1.29 is 23.9 Å². The van der Waals surface area contributed by atoms with Crippen molar-refractivity contribution in [3.05, 3.63) is 67.6 Å². The minimum atomic E-state index is -1.30. The van der Waals surface area contributed by atoms with Gasteiger partial charge in [0.15, 0.2) is 0 Å². The zero-order valence-corrected chi connectivity index (χ0v) is 30.5. The number of esters is 2. The summed E-state index contributed by atoms with van der Waals surface area (Å²) in [6.45, 7) is 16.7. The number of nitrogens with one attached hydrogen (secondary N) is 2. The van der Waals surface area contributed by atoms with Crippen molar-refractivity contribution in [2.45, 2.75) is 66.3 Å². The van der Waals surface area contributed by atoms with E-state index in [1.807, 2.05) is 18.2 Å². The second-order valence-corrected chi connectivity index (χ2v) is 24.7. The minimum Gasteiger partial charge on any atom is -0.461 e. The van der Waals surface area contributed by atoms with Crippen LogP contribution < -0.4 is 10.6 Å². The summed E-state index contributed by atoms with van der Waals surface area (Å²) < 4.78 is 11.6. The lowest BCUT2D eigenvalue weighted by atomic mass is 10.1. The molecule has 0 aromatic heterocycles. The van der Waals surface area contributed by atoms with Crippen molar-refractivity contribution in [1.29, 1.82) is 0 Å². The van der Waals surface area contributed by atoms with Gasteiger partial charge in [-0.05, 0) is 18.2 Å². The Balaban J connectivity index is 0.000000400. The maximum Gasteiger partial charge on any atom is 0.302 e. The molecule has 0 atom stereocenters. The van der Waals surface area contributed by atoms with Gasteiger partial charge < -0.3 is 20.1 Å². The van der Waals surface area contributed by atoms with E-state index in [9.17, 15) is 14.4 Å². The fourth-order valence-corrected chi connectivity index (χ4v) is 5.58. The van der Waals surface area contributed by atoms with E-state index in [0.717, 1.165) is 43.0 Å². The van der Waals surface area contributed by atoms with Crippen LogP contribution in [0.2, 0.25) is 39.3 Å². The van der Waals surface area contributed by atoms with Crippen molar-refractivity contribution in [2.75, 3.05) is 12.3 Å². The average Bonchev–Trinajstić information content (AvgIpc) is 2.83. The Morgan fingerprint density at radius 2 is 1.12 bits per heavy atom. The number of amides is 1. The fraction of sp³-hybridized carbons (Fsp3) is 0.429. The van der Waals surface area contributed by atoms with Crippen molar-refractivity contribution in [3.8, 4) is 0 Å². The largest absolute Gasteiger partial charge is 0.461 e. The third-order valence-electron chi connectivity index (χ3n) is 5.05. The first-order valence-corrected chi connectivity index (χ1v) is 22.2. The number of hydrogen-bond acceptors (Lipinski definition) is 6. The van der Waals surface area contributed by atoms with Crippen molar-refractivity contribution in [1.82, 2.24) is 10.6 Å². The van der Waals surface area contributed by atoms with E-state index in [1.165, 1.54) is 13.8 Å². The van der Waals surface area contributed by atoms with Gasteiger partial charge in [0.1, 0.15) is 18.2 Å².